The molecule has 1 aromatic carbocycles. The molecule has 0 fully saturated rings. The summed E-state index contributed by atoms with van der Waals surface area (Å²) in [4.78, 5) is 7.66. The summed E-state index contributed by atoms with van der Waals surface area (Å²) in [5.41, 5.74) is 2.06. The Hall–Kier alpha value is -0.840. The standard InChI is InChI=1S/C11H11BrClN3/c1-14-6-9-10(12)16-11(15-9)7-2-4-8(13)5-3-7/h2-5,14H,6H2,1H3,(H,15,16). The molecule has 2 N–H and O–H groups in total. The molecule has 0 aliphatic heterocycles. The van der Waals surface area contributed by atoms with Gasteiger partial charge in [0.1, 0.15) is 10.4 Å². The lowest BCUT2D eigenvalue weighted by molar-refractivity contribution is 0.793. The number of benzene rings is 1. The zero-order chi connectivity index (χ0) is 11.5. The van der Waals surface area contributed by atoms with Gasteiger partial charge < -0.3 is 10.3 Å². The van der Waals surface area contributed by atoms with E-state index in [-0.39, 0.29) is 0 Å². The van der Waals surface area contributed by atoms with Crippen molar-refractivity contribution in [3.8, 4) is 11.4 Å². The Labute approximate surface area is 107 Å². The highest BCUT2D eigenvalue weighted by atomic mass is 79.9. The van der Waals surface area contributed by atoms with Gasteiger partial charge in [0.25, 0.3) is 0 Å². The van der Waals surface area contributed by atoms with Crippen LogP contribution in [0.4, 0.5) is 0 Å². The quantitative estimate of drug-likeness (QED) is 0.914. The van der Waals surface area contributed by atoms with Crippen molar-refractivity contribution in [2.75, 3.05) is 7.05 Å². The van der Waals surface area contributed by atoms with Crippen LogP contribution >= 0.6 is 27.5 Å². The van der Waals surface area contributed by atoms with E-state index in [9.17, 15) is 0 Å². The lowest BCUT2D eigenvalue weighted by Gasteiger charge is -1.97. The zero-order valence-electron chi connectivity index (χ0n) is 8.72. The Kier molecular flexibility index (Phi) is 3.63. The minimum absolute atomic E-state index is 0.727. The number of hydrogen-bond donors (Lipinski definition) is 2. The highest BCUT2D eigenvalue weighted by Gasteiger charge is 2.08. The molecule has 5 heteroatoms. The van der Waals surface area contributed by atoms with E-state index in [1.165, 1.54) is 0 Å². The predicted octanol–water partition coefficient (Wildman–Crippen LogP) is 3.21. The second-order valence-corrected chi connectivity index (χ2v) is 4.58. The summed E-state index contributed by atoms with van der Waals surface area (Å²) in [6.07, 6.45) is 0. The molecule has 0 unspecified atom stereocenters. The van der Waals surface area contributed by atoms with Gasteiger partial charge in [-0.1, -0.05) is 11.6 Å². The number of rotatable bonds is 3. The van der Waals surface area contributed by atoms with Crippen LogP contribution in [0.2, 0.25) is 5.02 Å². The Morgan fingerprint density at radius 1 is 1.38 bits per heavy atom. The third-order valence-corrected chi connectivity index (χ3v) is 3.11. The van der Waals surface area contributed by atoms with E-state index >= 15 is 0 Å². The van der Waals surface area contributed by atoms with E-state index in [1.54, 1.807) is 0 Å². The van der Waals surface area contributed by atoms with Crippen molar-refractivity contribution in [1.29, 1.82) is 0 Å². The first-order valence-electron chi connectivity index (χ1n) is 4.85. The molecule has 0 spiro atoms. The monoisotopic (exact) mass is 299 g/mol. The van der Waals surface area contributed by atoms with Crippen molar-refractivity contribution < 1.29 is 0 Å². The summed E-state index contributed by atoms with van der Waals surface area (Å²) in [5.74, 6) is 0.841. The molecule has 2 rings (SSSR count). The Balaban J connectivity index is 2.33. The second kappa shape index (κ2) is 4.99. The molecule has 2 aromatic rings. The molecule has 1 heterocycles. The van der Waals surface area contributed by atoms with E-state index in [2.05, 4.69) is 31.2 Å². The first-order valence-corrected chi connectivity index (χ1v) is 6.02. The molecule has 3 nitrogen and oxygen atoms in total. The minimum Gasteiger partial charge on any atom is -0.340 e. The van der Waals surface area contributed by atoms with E-state index < -0.39 is 0 Å². The van der Waals surface area contributed by atoms with Gasteiger partial charge in [-0.2, -0.15) is 0 Å². The third kappa shape index (κ3) is 2.45. The number of aromatic nitrogens is 2. The van der Waals surface area contributed by atoms with Crippen molar-refractivity contribution in [2.24, 2.45) is 0 Å². The van der Waals surface area contributed by atoms with Gasteiger partial charge in [0.2, 0.25) is 0 Å². The molecule has 16 heavy (non-hydrogen) atoms. The van der Waals surface area contributed by atoms with Crippen LogP contribution in [0.15, 0.2) is 28.9 Å². The van der Waals surface area contributed by atoms with Gasteiger partial charge in [0, 0.05) is 17.1 Å². The molecule has 0 aliphatic carbocycles. The van der Waals surface area contributed by atoms with Crippen LogP contribution in [0.1, 0.15) is 5.69 Å². The van der Waals surface area contributed by atoms with Crippen molar-refractivity contribution in [1.82, 2.24) is 15.3 Å². The van der Waals surface area contributed by atoms with Gasteiger partial charge in [-0.15, -0.1) is 0 Å². The maximum Gasteiger partial charge on any atom is 0.138 e. The molecule has 0 radical (unpaired) electrons. The smallest absolute Gasteiger partial charge is 0.138 e. The summed E-state index contributed by atoms with van der Waals surface area (Å²) in [6, 6.07) is 7.59. The minimum atomic E-state index is 0.727. The fourth-order valence-corrected chi connectivity index (χ4v) is 1.97. The largest absolute Gasteiger partial charge is 0.340 e. The van der Waals surface area contributed by atoms with Gasteiger partial charge in [0.05, 0.1) is 5.69 Å². The van der Waals surface area contributed by atoms with Crippen LogP contribution in [0.3, 0.4) is 0 Å². The number of H-pyrrole nitrogens is 1. The first-order chi connectivity index (χ1) is 7.70. The number of aromatic amines is 1. The SMILES string of the molecule is CNCc1[nH]c(-c2ccc(Cl)cc2)nc1Br. The van der Waals surface area contributed by atoms with Gasteiger partial charge >= 0.3 is 0 Å². The number of hydrogen-bond acceptors (Lipinski definition) is 2. The van der Waals surface area contributed by atoms with Crippen LogP contribution in [0, 0.1) is 0 Å². The summed E-state index contributed by atoms with van der Waals surface area (Å²) >= 11 is 9.26. The normalized spacial score (nSPS) is 10.7. The van der Waals surface area contributed by atoms with Crippen molar-refractivity contribution in [3.63, 3.8) is 0 Å². The van der Waals surface area contributed by atoms with Crippen molar-refractivity contribution in [3.05, 3.63) is 39.6 Å². The molecule has 0 saturated carbocycles. The third-order valence-electron chi connectivity index (χ3n) is 2.20. The van der Waals surface area contributed by atoms with Gasteiger partial charge in [0.15, 0.2) is 0 Å². The summed E-state index contributed by atoms with van der Waals surface area (Å²) < 4.78 is 0.840. The molecule has 0 amide bonds. The van der Waals surface area contributed by atoms with Crippen molar-refractivity contribution in [2.45, 2.75) is 6.54 Å². The maximum atomic E-state index is 5.84. The molecule has 1 aromatic heterocycles. The fourth-order valence-electron chi connectivity index (χ4n) is 1.43. The topological polar surface area (TPSA) is 40.7 Å². The maximum absolute atomic E-state index is 5.84. The molecule has 0 saturated heterocycles. The van der Waals surface area contributed by atoms with Crippen LogP contribution in [-0.2, 0) is 6.54 Å². The Morgan fingerprint density at radius 2 is 2.06 bits per heavy atom. The second-order valence-electron chi connectivity index (χ2n) is 3.39. The molecule has 0 atom stereocenters. The number of nitrogens with one attached hydrogen (secondary N) is 2. The van der Waals surface area contributed by atoms with Gasteiger partial charge in [-0.25, -0.2) is 4.98 Å². The van der Waals surface area contributed by atoms with Gasteiger partial charge in [-0.3, -0.25) is 0 Å². The molecular weight excluding hydrogens is 289 g/mol. The Morgan fingerprint density at radius 3 is 2.69 bits per heavy atom. The molecule has 0 aliphatic rings. The number of nitrogens with zero attached hydrogens (tertiary/aromatic N) is 1. The predicted molar refractivity (Wildman–Crippen MR) is 69.5 cm³/mol. The highest BCUT2D eigenvalue weighted by molar-refractivity contribution is 9.10. The average molecular weight is 301 g/mol. The average Bonchev–Trinajstić information content (AvgIpc) is 2.62. The van der Waals surface area contributed by atoms with E-state index in [0.717, 1.165) is 33.3 Å². The lowest BCUT2D eigenvalue weighted by atomic mass is 10.2. The molecule has 84 valence electrons. The van der Waals surface area contributed by atoms with E-state index in [4.69, 9.17) is 11.6 Å². The Bertz CT molecular complexity index is 478. The van der Waals surface area contributed by atoms with Crippen molar-refractivity contribution >= 4 is 27.5 Å². The number of imidazole rings is 1. The van der Waals surface area contributed by atoms with Crippen LogP contribution in [-0.4, -0.2) is 17.0 Å². The summed E-state index contributed by atoms with van der Waals surface area (Å²) in [7, 11) is 1.90. The first kappa shape index (κ1) is 11.6. The van der Waals surface area contributed by atoms with Gasteiger partial charge in [-0.05, 0) is 47.2 Å². The fraction of sp³-hybridized carbons (Fsp3) is 0.182. The van der Waals surface area contributed by atoms with E-state index in [0.29, 0.717) is 0 Å². The zero-order valence-corrected chi connectivity index (χ0v) is 11.1. The van der Waals surface area contributed by atoms with Crippen LogP contribution in [0.25, 0.3) is 11.4 Å². The number of halogens is 2. The summed E-state index contributed by atoms with van der Waals surface area (Å²) in [6.45, 7) is 0.751. The van der Waals surface area contributed by atoms with E-state index in [1.807, 2.05) is 31.3 Å². The highest BCUT2D eigenvalue weighted by Crippen LogP contribution is 2.22. The summed E-state index contributed by atoms with van der Waals surface area (Å²) in [5, 5.41) is 3.80. The molecule has 0 bridgehead atoms. The van der Waals surface area contributed by atoms with Crippen LogP contribution < -0.4 is 5.32 Å². The lowest BCUT2D eigenvalue weighted by Crippen LogP contribution is -2.05. The van der Waals surface area contributed by atoms with Crippen LogP contribution in [0.5, 0.6) is 0 Å². The molecular formula is C11H11BrClN3.